The summed E-state index contributed by atoms with van der Waals surface area (Å²) < 4.78 is 11.1. The Labute approximate surface area is 237 Å². The van der Waals surface area contributed by atoms with Crippen LogP contribution in [0, 0.1) is 5.41 Å². The van der Waals surface area contributed by atoms with E-state index in [2.05, 4.69) is 110 Å². The third kappa shape index (κ3) is 4.83. The highest BCUT2D eigenvalue weighted by atomic mass is 16.5. The van der Waals surface area contributed by atoms with Gasteiger partial charge in [-0.25, -0.2) is 0 Å². The number of aromatic hydroxyl groups is 1. The number of benzene rings is 4. The number of methoxy groups -OCH3 is 2. The lowest BCUT2D eigenvalue weighted by Crippen LogP contribution is -2.46. The summed E-state index contributed by atoms with van der Waals surface area (Å²) in [6.45, 7) is 4.71. The van der Waals surface area contributed by atoms with Gasteiger partial charge in [-0.2, -0.15) is 0 Å². The van der Waals surface area contributed by atoms with Crippen LogP contribution < -0.4 is 9.47 Å². The zero-order valence-corrected chi connectivity index (χ0v) is 23.9. The van der Waals surface area contributed by atoms with Crippen LogP contribution in [0.3, 0.4) is 0 Å². The van der Waals surface area contributed by atoms with E-state index < -0.39 is 5.41 Å². The molecule has 0 saturated carbocycles. The monoisotopic (exact) mass is 533 g/mol. The molecule has 0 bridgehead atoms. The molecule has 5 rings (SSSR count). The van der Waals surface area contributed by atoms with Gasteiger partial charge in [0.1, 0.15) is 17.2 Å². The zero-order chi connectivity index (χ0) is 28.2. The van der Waals surface area contributed by atoms with Crippen LogP contribution in [-0.2, 0) is 11.8 Å². The summed E-state index contributed by atoms with van der Waals surface area (Å²) in [5.41, 5.74) is 5.34. The van der Waals surface area contributed by atoms with Crippen LogP contribution in [-0.4, -0.2) is 24.3 Å². The molecule has 1 unspecified atom stereocenters. The first kappa shape index (κ1) is 27.4. The fourth-order valence-corrected chi connectivity index (χ4v) is 6.74. The minimum Gasteiger partial charge on any atom is -0.508 e. The summed E-state index contributed by atoms with van der Waals surface area (Å²) in [6, 6.07) is 33.4. The maximum atomic E-state index is 10.3. The number of aromatic nitrogens is 1. The molecule has 0 spiro atoms. The van der Waals surface area contributed by atoms with Gasteiger partial charge >= 0.3 is 0 Å². The average Bonchev–Trinajstić information content (AvgIpc) is 3.41. The Bertz CT molecular complexity index is 1490. The van der Waals surface area contributed by atoms with E-state index >= 15 is 0 Å². The van der Waals surface area contributed by atoms with E-state index in [1.165, 1.54) is 27.6 Å². The number of hydrogen-bond donors (Lipinski definition) is 2. The van der Waals surface area contributed by atoms with Crippen molar-refractivity contribution in [1.82, 2.24) is 4.98 Å². The number of rotatable bonds is 11. The van der Waals surface area contributed by atoms with Gasteiger partial charge in [-0.1, -0.05) is 74.9 Å². The van der Waals surface area contributed by atoms with E-state index in [1.807, 2.05) is 12.1 Å². The van der Waals surface area contributed by atoms with Gasteiger partial charge in [0.05, 0.1) is 19.6 Å². The molecule has 1 atom stereocenters. The highest BCUT2D eigenvalue weighted by molar-refractivity contribution is 5.83. The van der Waals surface area contributed by atoms with Gasteiger partial charge in [-0.3, -0.25) is 0 Å². The van der Waals surface area contributed by atoms with E-state index in [0.717, 1.165) is 42.7 Å². The second kappa shape index (κ2) is 11.5. The molecule has 40 heavy (non-hydrogen) atoms. The molecule has 0 radical (unpaired) electrons. The van der Waals surface area contributed by atoms with Crippen molar-refractivity contribution in [3.8, 4) is 17.2 Å². The lowest BCUT2D eigenvalue weighted by Gasteiger charge is -2.51. The first-order chi connectivity index (χ1) is 19.4. The predicted molar refractivity (Wildman–Crippen MR) is 164 cm³/mol. The third-order valence-electron chi connectivity index (χ3n) is 8.67. The number of nitrogens with one attached hydrogen (secondary N) is 1. The fraction of sp³-hybridized carbons (Fsp3) is 0.278. The number of aromatic amines is 1. The number of fused-ring (bicyclic) bond motifs is 1. The second-order valence-corrected chi connectivity index (χ2v) is 10.9. The molecule has 0 fully saturated rings. The first-order valence-corrected chi connectivity index (χ1v) is 14.1. The summed E-state index contributed by atoms with van der Waals surface area (Å²) >= 11 is 0. The molecular weight excluding hydrogens is 494 g/mol. The van der Waals surface area contributed by atoms with Crippen molar-refractivity contribution in [3.63, 3.8) is 0 Å². The molecule has 1 heterocycles. The highest BCUT2D eigenvalue weighted by Gasteiger charge is 2.51. The van der Waals surface area contributed by atoms with E-state index in [0.29, 0.717) is 0 Å². The number of para-hydroxylation sites is 1. The maximum Gasteiger partial charge on any atom is 0.118 e. The van der Waals surface area contributed by atoms with Crippen molar-refractivity contribution < 1.29 is 14.6 Å². The quantitative estimate of drug-likeness (QED) is 0.167. The number of H-pyrrole nitrogens is 1. The number of ether oxygens (including phenoxy) is 2. The van der Waals surface area contributed by atoms with E-state index in [-0.39, 0.29) is 11.2 Å². The smallest absolute Gasteiger partial charge is 0.118 e. The standard InChI is InChI=1S/C36H39NO3/c1-5-23-35(2,24-22-26-25-37-34-9-7-6-8-33(26)34)36(27-10-16-30(38)17-11-27,28-12-18-31(39-3)19-13-28)29-14-20-32(40-4)21-15-29/h6-21,25,37-38H,5,22-24H2,1-4H3. The van der Waals surface area contributed by atoms with E-state index in [1.54, 1.807) is 14.2 Å². The van der Waals surface area contributed by atoms with Crippen LogP contribution in [0.4, 0.5) is 0 Å². The third-order valence-corrected chi connectivity index (χ3v) is 8.67. The summed E-state index contributed by atoms with van der Waals surface area (Å²) in [5, 5.41) is 11.6. The Hall–Kier alpha value is -4.18. The minimum absolute atomic E-state index is 0.194. The van der Waals surface area contributed by atoms with Crippen LogP contribution in [0.5, 0.6) is 17.2 Å². The topological polar surface area (TPSA) is 54.5 Å². The van der Waals surface area contributed by atoms with Crippen LogP contribution in [0.2, 0.25) is 0 Å². The van der Waals surface area contributed by atoms with Crippen molar-refractivity contribution in [2.75, 3.05) is 14.2 Å². The maximum absolute atomic E-state index is 10.3. The van der Waals surface area contributed by atoms with Gasteiger partial charge in [0, 0.05) is 17.1 Å². The van der Waals surface area contributed by atoms with Gasteiger partial charge in [-0.05, 0) is 89.4 Å². The van der Waals surface area contributed by atoms with Crippen molar-refractivity contribution in [1.29, 1.82) is 0 Å². The van der Waals surface area contributed by atoms with Gasteiger partial charge in [0.2, 0.25) is 0 Å². The predicted octanol–water partition coefficient (Wildman–Crippen LogP) is 8.66. The Kier molecular flexibility index (Phi) is 7.88. The van der Waals surface area contributed by atoms with Gasteiger partial charge in [0.25, 0.3) is 0 Å². The van der Waals surface area contributed by atoms with Crippen molar-refractivity contribution >= 4 is 10.9 Å². The van der Waals surface area contributed by atoms with Crippen LogP contribution in [0.15, 0.2) is 103 Å². The number of hydrogen-bond acceptors (Lipinski definition) is 3. The Morgan fingerprint density at radius 3 is 1.75 bits per heavy atom. The summed E-state index contributed by atoms with van der Waals surface area (Å²) in [4.78, 5) is 3.47. The molecule has 0 amide bonds. The van der Waals surface area contributed by atoms with E-state index in [4.69, 9.17) is 9.47 Å². The lowest BCUT2D eigenvalue weighted by atomic mass is 9.51. The normalized spacial score (nSPS) is 13.2. The number of phenolic OH excluding ortho intramolecular Hbond substituents is 1. The van der Waals surface area contributed by atoms with Gasteiger partial charge in [0.15, 0.2) is 0 Å². The molecule has 4 aromatic carbocycles. The molecule has 0 aliphatic rings. The van der Waals surface area contributed by atoms with Crippen LogP contribution in [0.1, 0.15) is 55.4 Å². The van der Waals surface area contributed by atoms with Crippen molar-refractivity contribution in [3.05, 3.63) is 126 Å². The van der Waals surface area contributed by atoms with Gasteiger partial charge in [-0.15, -0.1) is 0 Å². The zero-order valence-electron chi connectivity index (χ0n) is 23.9. The molecule has 4 heteroatoms. The Morgan fingerprint density at radius 2 is 1.23 bits per heavy atom. The van der Waals surface area contributed by atoms with Gasteiger partial charge < -0.3 is 19.6 Å². The lowest BCUT2D eigenvalue weighted by molar-refractivity contribution is 0.172. The average molecular weight is 534 g/mol. The Balaban J connectivity index is 1.76. The van der Waals surface area contributed by atoms with Crippen molar-refractivity contribution in [2.24, 2.45) is 5.41 Å². The largest absolute Gasteiger partial charge is 0.508 e. The molecule has 1 aromatic heterocycles. The molecule has 2 N–H and O–H groups in total. The highest BCUT2D eigenvalue weighted by Crippen LogP contribution is 2.57. The molecule has 0 aliphatic carbocycles. The second-order valence-electron chi connectivity index (χ2n) is 10.9. The summed E-state index contributed by atoms with van der Waals surface area (Å²) in [5.74, 6) is 1.92. The fourth-order valence-electron chi connectivity index (χ4n) is 6.74. The molecule has 206 valence electrons. The summed E-state index contributed by atoms with van der Waals surface area (Å²) in [6.07, 6.45) is 6.11. The molecule has 4 nitrogen and oxygen atoms in total. The molecular formula is C36H39NO3. The molecule has 0 saturated heterocycles. The molecule has 0 aliphatic heterocycles. The summed E-state index contributed by atoms with van der Waals surface area (Å²) in [7, 11) is 3.40. The van der Waals surface area contributed by atoms with Crippen molar-refractivity contribution in [2.45, 2.75) is 44.9 Å². The number of aryl methyl sites for hydroxylation is 1. The molecule has 5 aromatic rings. The van der Waals surface area contributed by atoms with Crippen LogP contribution in [0.25, 0.3) is 10.9 Å². The van der Waals surface area contributed by atoms with E-state index in [9.17, 15) is 5.11 Å². The SMILES string of the molecule is CCCC(C)(CCc1c[nH]c2ccccc12)C(c1ccc(O)cc1)(c1ccc(OC)cc1)c1ccc(OC)cc1. The number of phenols is 1. The van der Waals surface area contributed by atoms with Crippen LogP contribution >= 0.6 is 0 Å². The Morgan fingerprint density at radius 1 is 0.700 bits per heavy atom. The first-order valence-electron chi connectivity index (χ1n) is 14.1. The minimum atomic E-state index is -0.513.